The fourth-order valence-electron chi connectivity index (χ4n) is 3.41. The van der Waals surface area contributed by atoms with E-state index in [1.54, 1.807) is 24.3 Å². The number of fused-ring (bicyclic) bond motifs is 6. The number of carbonyl (C=O) groups excluding carboxylic acids is 2. The number of carbonyl (C=O) groups is 2. The number of nitrogens with two attached hydrogens (primary N) is 1. The van der Waals surface area contributed by atoms with Crippen LogP contribution in [-0.4, -0.2) is 34.1 Å². The minimum atomic E-state index is -0.662. The molecule has 9 nitrogen and oxygen atoms in total. The molecule has 1 unspecified atom stereocenters. The highest BCUT2D eigenvalue weighted by Gasteiger charge is 2.21. The predicted molar refractivity (Wildman–Crippen MR) is 117 cm³/mol. The molecule has 2 amide bonds. The molecular weight excluding hydrogens is 439 g/mol. The summed E-state index contributed by atoms with van der Waals surface area (Å²) in [5, 5.41) is 5.57. The van der Waals surface area contributed by atoms with Crippen LogP contribution in [0.2, 0.25) is 5.15 Å². The molecule has 1 aliphatic heterocycles. The average Bonchev–Trinajstić information content (AvgIpc) is 3.15. The number of halogens is 2. The van der Waals surface area contributed by atoms with Gasteiger partial charge in [-0.1, -0.05) is 11.6 Å². The van der Waals surface area contributed by atoms with E-state index in [2.05, 4.69) is 30.3 Å². The third kappa shape index (κ3) is 4.56. The van der Waals surface area contributed by atoms with E-state index in [0.717, 1.165) is 0 Å². The monoisotopic (exact) mass is 458 g/mol. The molecule has 3 aromatic rings. The zero-order chi connectivity index (χ0) is 22.8. The number of anilines is 2. The number of hydrogen-bond donors (Lipinski definition) is 4. The molecule has 166 valence electrons. The van der Waals surface area contributed by atoms with E-state index >= 15 is 0 Å². The van der Waals surface area contributed by atoms with Crippen LogP contribution >= 0.6 is 11.6 Å². The lowest BCUT2D eigenvalue weighted by molar-refractivity contribution is -0.116. The van der Waals surface area contributed by atoms with Crippen molar-refractivity contribution in [3.8, 4) is 11.3 Å². The number of nitrogens with zero attached hydrogens (tertiary/aromatic N) is 2. The highest BCUT2D eigenvalue weighted by atomic mass is 35.5. The molecular formula is C21H20ClFN6O3. The quantitative estimate of drug-likeness (QED) is 0.440. The predicted octanol–water partition coefficient (Wildman–Crippen LogP) is 3.57. The van der Waals surface area contributed by atoms with Crippen molar-refractivity contribution in [3.63, 3.8) is 0 Å². The Morgan fingerprint density at radius 3 is 2.88 bits per heavy atom. The number of aromatic amines is 1. The van der Waals surface area contributed by atoms with Gasteiger partial charge in [0.2, 0.25) is 5.91 Å². The van der Waals surface area contributed by atoms with E-state index in [0.29, 0.717) is 40.6 Å². The number of ether oxygens (including phenoxy) is 1. The van der Waals surface area contributed by atoms with Crippen molar-refractivity contribution in [2.45, 2.75) is 25.3 Å². The Bertz CT molecular complexity index is 1200. The molecule has 32 heavy (non-hydrogen) atoms. The van der Waals surface area contributed by atoms with Crippen LogP contribution in [0.5, 0.6) is 0 Å². The van der Waals surface area contributed by atoms with Crippen LogP contribution < -0.4 is 16.4 Å². The van der Waals surface area contributed by atoms with Crippen molar-refractivity contribution in [1.82, 2.24) is 15.0 Å². The minimum Gasteiger partial charge on any atom is -0.453 e. The third-order valence-corrected chi connectivity index (χ3v) is 5.28. The first-order valence-corrected chi connectivity index (χ1v) is 10.2. The molecule has 0 fully saturated rings. The number of imidazole rings is 1. The number of nitrogens with one attached hydrogen (secondary N) is 3. The molecule has 4 bridgehead atoms. The lowest BCUT2D eigenvalue weighted by Crippen LogP contribution is -2.18. The molecule has 0 saturated carbocycles. The molecule has 2 aromatic heterocycles. The Kier molecular flexibility index (Phi) is 6.06. The highest BCUT2D eigenvalue weighted by Crippen LogP contribution is 2.35. The average molecular weight is 459 g/mol. The summed E-state index contributed by atoms with van der Waals surface area (Å²) in [6, 6.07) is 7.15. The van der Waals surface area contributed by atoms with Crippen molar-refractivity contribution in [1.29, 1.82) is 0 Å². The maximum Gasteiger partial charge on any atom is 0.411 e. The second-order valence-corrected chi connectivity index (χ2v) is 7.63. The van der Waals surface area contributed by atoms with Gasteiger partial charge in [0, 0.05) is 36.2 Å². The second-order valence-electron chi connectivity index (χ2n) is 7.25. The fraction of sp³-hybridized carbons (Fsp3) is 0.238. The van der Waals surface area contributed by atoms with Crippen LogP contribution in [0.25, 0.3) is 11.3 Å². The molecule has 3 heterocycles. The fourth-order valence-corrected chi connectivity index (χ4v) is 3.65. The van der Waals surface area contributed by atoms with Gasteiger partial charge in [0.05, 0.1) is 24.5 Å². The number of methoxy groups -OCH3 is 1. The van der Waals surface area contributed by atoms with Gasteiger partial charge in [-0.25, -0.2) is 14.2 Å². The first kappa shape index (κ1) is 21.7. The second kappa shape index (κ2) is 8.93. The Morgan fingerprint density at radius 2 is 2.09 bits per heavy atom. The van der Waals surface area contributed by atoms with Gasteiger partial charge < -0.3 is 20.8 Å². The molecule has 11 heteroatoms. The summed E-state index contributed by atoms with van der Waals surface area (Å²) in [4.78, 5) is 36.1. The van der Waals surface area contributed by atoms with Crippen molar-refractivity contribution < 1.29 is 18.7 Å². The summed E-state index contributed by atoms with van der Waals surface area (Å²) in [5.74, 6) is -0.437. The first-order valence-electron chi connectivity index (χ1n) is 9.78. The summed E-state index contributed by atoms with van der Waals surface area (Å²) in [7, 11) is 1.24. The molecule has 1 atom stereocenters. The molecule has 0 radical (unpaired) electrons. The van der Waals surface area contributed by atoms with E-state index in [-0.39, 0.29) is 29.6 Å². The van der Waals surface area contributed by atoms with Crippen LogP contribution in [0.3, 0.4) is 0 Å². The van der Waals surface area contributed by atoms with Gasteiger partial charge in [0.1, 0.15) is 22.5 Å². The maximum atomic E-state index is 14.2. The van der Waals surface area contributed by atoms with Crippen molar-refractivity contribution in [2.24, 2.45) is 5.73 Å². The number of aryl methyl sites for hydroxylation is 1. The van der Waals surface area contributed by atoms with Gasteiger partial charge in [-0.3, -0.25) is 15.1 Å². The van der Waals surface area contributed by atoms with Gasteiger partial charge in [0.15, 0.2) is 0 Å². The van der Waals surface area contributed by atoms with E-state index < -0.39 is 18.0 Å². The molecule has 0 spiro atoms. The van der Waals surface area contributed by atoms with Gasteiger partial charge in [-0.2, -0.15) is 0 Å². The maximum absolute atomic E-state index is 14.2. The van der Waals surface area contributed by atoms with Gasteiger partial charge in [0.25, 0.3) is 0 Å². The van der Waals surface area contributed by atoms with E-state index in [1.807, 2.05) is 0 Å². The molecule has 1 aliphatic rings. The number of rotatable bonds is 1. The van der Waals surface area contributed by atoms with Crippen LogP contribution in [0.1, 0.15) is 29.7 Å². The van der Waals surface area contributed by atoms with Crippen molar-refractivity contribution in [2.75, 3.05) is 17.7 Å². The summed E-state index contributed by atoms with van der Waals surface area (Å²) < 4.78 is 18.8. The smallest absolute Gasteiger partial charge is 0.411 e. The largest absolute Gasteiger partial charge is 0.453 e. The number of amides is 2. The zero-order valence-electron chi connectivity index (χ0n) is 17.0. The SMILES string of the molecule is COC(=O)Nc1ccc2c(c1)NC(=O)CCc1nc(ccc1F)CC(N)c1nc-2c(Cl)[nH]1. The van der Waals surface area contributed by atoms with E-state index in [4.69, 9.17) is 17.3 Å². The lowest BCUT2D eigenvalue weighted by atomic mass is 10.1. The highest BCUT2D eigenvalue weighted by molar-refractivity contribution is 6.32. The summed E-state index contributed by atoms with van der Waals surface area (Å²) >= 11 is 6.41. The van der Waals surface area contributed by atoms with Gasteiger partial charge >= 0.3 is 6.09 Å². The van der Waals surface area contributed by atoms with Crippen LogP contribution in [0.4, 0.5) is 20.6 Å². The summed E-state index contributed by atoms with van der Waals surface area (Å²) in [6.45, 7) is 0. The molecule has 0 aliphatic carbocycles. The number of H-pyrrole nitrogens is 1. The molecule has 4 rings (SSSR count). The molecule has 0 saturated heterocycles. The molecule has 5 N–H and O–H groups in total. The van der Waals surface area contributed by atoms with Crippen LogP contribution in [0, 0.1) is 5.82 Å². The summed E-state index contributed by atoms with van der Waals surface area (Å²) in [5.41, 5.74) is 8.73. The normalized spacial score (nSPS) is 15.9. The zero-order valence-corrected chi connectivity index (χ0v) is 17.8. The number of aromatic nitrogens is 3. The van der Waals surface area contributed by atoms with E-state index in [1.165, 1.54) is 13.2 Å². The van der Waals surface area contributed by atoms with E-state index in [9.17, 15) is 14.0 Å². The Balaban J connectivity index is 1.79. The number of hydrogen-bond acceptors (Lipinski definition) is 6. The topological polar surface area (TPSA) is 135 Å². The Labute approximate surface area is 187 Å². The lowest BCUT2D eigenvalue weighted by Gasteiger charge is -2.14. The summed E-state index contributed by atoms with van der Waals surface area (Å²) in [6.07, 6.45) is -0.256. The van der Waals surface area contributed by atoms with Crippen LogP contribution in [-0.2, 0) is 22.4 Å². The third-order valence-electron chi connectivity index (χ3n) is 5.00. The Hall–Kier alpha value is -3.50. The first-order chi connectivity index (χ1) is 15.3. The van der Waals surface area contributed by atoms with Crippen molar-refractivity contribution >= 4 is 35.0 Å². The Morgan fingerprint density at radius 1 is 1.28 bits per heavy atom. The number of benzene rings is 1. The van der Waals surface area contributed by atoms with Gasteiger partial charge in [-0.05, 0) is 30.3 Å². The standard InChI is InChI=1S/C21H20ClFN6O3/c1-32-21(31)26-11-2-4-12-16(9-11)27-17(30)7-6-15-13(23)5-3-10(25-15)8-14(24)20-28-18(12)19(22)29-20/h2-5,9,14H,6-8,24H2,1H3,(H,26,31)(H,27,30)(H,28,29). The van der Waals surface area contributed by atoms with Crippen LogP contribution in [0.15, 0.2) is 30.3 Å². The van der Waals surface area contributed by atoms with Gasteiger partial charge in [-0.15, -0.1) is 0 Å². The molecule has 1 aromatic carbocycles. The van der Waals surface area contributed by atoms with Crippen molar-refractivity contribution in [3.05, 3.63) is 58.5 Å². The number of pyridine rings is 1. The minimum absolute atomic E-state index is 0.00687.